The fraction of sp³-hybridized carbons (Fsp3) is 0.429. The van der Waals surface area contributed by atoms with Crippen molar-refractivity contribution in [3.8, 4) is 0 Å². The minimum absolute atomic E-state index is 0.436. The van der Waals surface area contributed by atoms with Gasteiger partial charge in [-0.05, 0) is 18.2 Å². The minimum Gasteiger partial charge on any atom is -0.394 e. The Morgan fingerprint density at radius 2 is 1.81 bits per heavy atom. The number of hydrogen-bond donors (Lipinski definition) is 5. The van der Waals surface area contributed by atoms with Gasteiger partial charge in [0.25, 0.3) is 0 Å². The zero-order valence-corrected chi connectivity index (χ0v) is 13.0. The Labute approximate surface area is 130 Å². The number of nitrogens with zero attached hydrogens (tertiary/aromatic N) is 1. The van der Waals surface area contributed by atoms with Gasteiger partial charge in [0.05, 0.1) is 6.61 Å². The molecule has 4 atom stereocenters. The number of hydrogen-bond acceptors (Lipinski definition) is 5. The first-order valence-corrected chi connectivity index (χ1v) is 7.23. The summed E-state index contributed by atoms with van der Waals surface area (Å²) in [7, 11) is 1.80. The van der Waals surface area contributed by atoms with Gasteiger partial charge < -0.3 is 30.1 Å². The first kappa shape index (κ1) is 16.4. The van der Waals surface area contributed by atoms with E-state index in [2.05, 4.69) is 15.9 Å². The highest BCUT2D eigenvalue weighted by Gasteiger charge is 2.32. The standard InChI is InChI=1S/C14H18BrNO5/c1-16-5-9(8-4-7(15)2-3-10(8)16)12(19)14(21)13(20)11(18)6-17/h2-5,11-14,17-21H,6H2,1H3/t11?,12-,13+,14?/m0/s1. The predicted octanol–water partition coefficient (Wildman–Crippen LogP) is 0.0492. The van der Waals surface area contributed by atoms with Crippen molar-refractivity contribution >= 4 is 26.8 Å². The van der Waals surface area contributed by atoms with Crippen molar-refractivity contribution < 1.29 is 25.5 Å². The fourth-order valence-electron chi connectivity index (χ4n) is 2.34. The number of aliphatic hydroxyl groups is 5. The molecule has 0 saturated heterocycles. The molecule has 2 unspecified atom stereocenters. The van der Waals surface area contributed by atoms with Gasteiger partial charge in [-0.25, -0.2) is 0 Å². The smallest absolute Gasteiger partial charge is 0.113 e. The monoisotopic (exact) mass is 359 g/mol. The molecule has 0 bridgehead atoms. The third kappa shape index (κ3) is 3.13. The van der Waals surface area contributed by atoms with E-state index in [1.54, 1.807) is 23.9 Å². The average Bonchev–Trinajstić information content (AvgIpc) is 2.80. The van der Waals surface area contributed by atoms with Crippen LogP contribution in [0.1, 0.15) is 11.7 Å². The second-order valence-electron chi connectivity index (χ2n) is 5.03. The molecule has 2 aromatic rings. The highest BCUT2D eigenvalue weighted by atomic mass is 79.9. The van der Waals surface area contributed by atoms with Gasteiger partial charge in [0.2, 0.25) is 0 Å². The van der Waals surface area contributed by atoms with E-state index in [1.807, 2.05) is 12.1 Å². The summed E-state index contributed by atoms with van der Waals surface area (Å²) in [6, 6.07) is 5.52. The fourth-order valence-corrected chi connectivity index (χ4v) is 2.70. The molecule has 0 saturated carbocycles. The van der Waals surface area contributed by atoms with Crippen LogP contribution < -0.4 is 0 Å². The molecule has 5 N–H and O–H groups in total. The van der Waals surface area contributed by atoms with Crippen LogP contribution >= 0.6 is 15.9 Å². The molecule has 6 nitrogen and oxygen atoms in total. The maximum atomic E-state index is 10.3. The van der Waals surface area contributed by atoms with Crippen LogP contribution in [0.15, 0.2) is 28.9 Å². The van der Waals surface area contributed by atoms with E-state index in [9.17, 15) is 20.4 Å². The van der Waals surface area contributed by atoms with Crippen molar-refractivity contribution in [1.29, 1.82) is 0 Å². The molecule has 0 radical (unpaired) electrons. The lowest BCUT2D eigenvalue weighted by Crippen LogP contribution is -2.42. The number of aryl methyl sites for hydroxylation is 1. The van der Waals surface area contributed by atoms with Crippen LogP contribution in [0.25, 0.3) is 10.9 Å². The summed E-state index contributed by atoms with van der Waals surface area (Å²) in [4.78, 5) is 0. The molecule has 7 heteroatoms. The molecule has 0 spiro atoms. The SMILES string of the molecule is Cn1cc([C@H](O)C(O)[C@H](O)C(O)CO)c2cc(Br)ccc21. The summed E-state index contributed by atoms with van der Waals surface area (Å²) in [5, 5.41) is 48.9. The zero-order valence-electron chi connectivity index (χ0n) is 11.4. The summed E-state index contributed by atoms with van der Waals surface area (Å²) in [6.07, 6.45) is -4.51. The summed E-state index contributed by atoms with van der Waals surface area (Å²) in [5.41, 5.74) is 1.29. The topological polar surface area (TPSA) is 106 Å². The highest BCUT2D eigenvalue weighted by molar-refractivity contribution is 9.10. The van der Waals surface area contributed by atoms with Gasteiger partial charge in [0.1, 0.15) is 24.4 Å². The summed E-state index contributed by atoms with van der Waals surface area (Å²) >= 11 is 3.35. The summed E-state index contributed by atoms with van der Waals surface area (Å²) in [5.74, 6) is 0. The molecule has 1 aromatic carbocycles. The second kappa shape index (κ2) is 6.43. The van der Waals surface area contributed by atoms with Crippen LogP contribution in [0, 0.1) is 0 Å². The number of fused-ring (bicyclic) bond motifs is 1. The van der Waals surface area contributed by atoms with Crippen LogP contribution in [0.2, 0.25) is 0 Å². The first-order valence-electron chi connectivity index (χ1n) is 6.44. The Bertz CT molecular complexity index is 629. The Kier molecular flexibility index (Phi) is 5.03. The number of aliphatic hydroxyl groups excluding tert-OH is 5. The van der Waals surface area contributed by atoms with E-state index >= 15 is 0 Å². The molecule has 0 fully saturated rings. The van der Waals surface area contributed by atoms with E-state index in [0.29, 0.717) is 5.56 Å². The number of halogens is 1. The van der Waals surface area contributed by atoms with E-state index in [1.165, 1.54) is 0 Å². The Hall–Kier alpha value is -0.960. The van der Waals surface area contributed by atoms with Crippen molar-refractivity contribution in [3.05, 3.63) is 34.4 Å². The van der Waals surface area contributed by atoms with E-state index in [0.717, 1.165) is 15.4 Å². The van der Waals surface area contributed by atoms with Gasteiger partial charge in [-0.3, -0.25) is 0 Å². The van der Waals surface area contributed by atoms with E-state index < -0.39 is 31.0 Å². The van der Waals surface area contributed by atoms with Gasteiger partial charge in [-0.1, -0.05) is 15.9 Å². The zero-order chi connectivity index (χ0) is 15.7. The number of benzene rings is 1. The molecule has 1 aromatic heterocycles. The molecule has 0 amide bonds. The van der Waals surface area contributed by atoms with Crippen LogP contribution in [-0.2, 0) is 7.05 Å². The predicted molar refractivity (Wildman–Crippen MR) is 80.7 cm³/mol. The Balaban J connectivity index is 2.39. The van der Waals surface area contributed by atoms with Crippen molar-refractivity contribution in [2.45, 2.75) is 24.4 Å². The quantitative estimate of drug-likeness (QED) is 0.518. The molecular weight excluding hydrogens is 342 g/mol. The molecule has 1 heterocycles. The number of aromatic nitrogens is 1. The molecule has 116 valence electrons. The van der Waals surface area contributed by atoms with Crippen LogP contribution in [0.3, 0.4) is 0 Å². The summed E-state index contributed by atoms with van der Waals surface area (Å²) in [6.45, 7) is -0.702. The molecule has 2 rings (SSSR count). The Morgan fingerprint density at radius 1 is 1.14 bits per heavy atom. The molecule has 0 aliphatic rings. The van der Waals surface area contributed by atoms with Gasteiger partial charge >= 0.3 is 0 Å². The lowest BCUT2D eigenvalue weighted by molar-refractivity contribution is -0.116. The van der Waals surface area contributed by atoms with Gasteiger partial charge in [0.15, 0.2) is 0 Å². The second-order valence-corrected chi connectivity index (χ2v) is 5.95. The van der Waals surface area contributed by atoms with Crippen molar-refractivity contribution in [2.75, 3.05) is 6.61 Å². The molecule has 0 aliphatic carbocycles. The van der Waals surface area contributed by atoms with Crippen molar-refractivity contribution in [2.24, 2.45) is 7.05 Å². The third-order valence-electron chi connectivity index (χ3n) is 3.56. The van der Waals surface area contributed by atoms with Crippen molar-refractivity contribution in [1.82, 2.24) is 4.57 Å². The number of rotatable bonds is 5. The molecular formula is C14H18BrNO5. The van der Waals surface area contributed by atoms with Gasteiger partial charge in [0, 0.05) is 34.2 Å². The van der Waals surface area contributed by atoms with Gasteiger partial charge in [-0.15, -0.1) is 0 Å². The summed E-state index contributed by atoms with van der Waals surface area (Å²) < 4.78 is 2.61. The van der Waals surface area contributed by atoms with Crippen LogP contribution in [-0.4, -0.2) is 55.0 Å². The Morgan fingerprint density at radius 3 is 2.43 bits per heavy atom. The van der Waals surface area contributed by atoms with E-state index in [4.69, 9.17) is 5.11 Å². The minimum atomic E-state index is -1.65. The maximum absolute atomic E-state index is 10.3. The normalized spacial score (nSPS) is 17.7. The van der Waals surface area contributed by atoms with Crippen LogP contribution in [0.4, 0.5) is 0 Å². The van der Waals surface area contributed by atoms with Crippen molar-refractivity contribution in [3.63, 3.8) is 0 Å². The van der Waals surface area contributed by atoms with E-state index in [-0.39, 0.29) is 0 Å². The third-order valence-corrected chi connectivity index (χ3v) is 4.05. The maximum Gasteiger partial charge on any atom is 0.113 e. The largest absolute Gasteiger partial charge is 0.394 e. The lowest BCUT2D eigenvalue weighted by atomic mass is 9.97. The van der Waals surface area contributed by atoms with Crippen LogP contribution in [0.5, 0.6) is 0 Å². The lowest BCUT2D eigenvalue weighted by Gasteiger charge is -2.25. The highest BCUT2D eigenvalue weighted by Crippen LogP contribution is 2.31. The molecule has 21 heavy (non-hydrogen) atoms. The average molecular weight is 360 g/mol. The first-order chi connectivity index (χ1) is 9.86. The van der Waals surface area contributed by atoms with Gasteiger partial charge in [-0.2, -0.15) is 0 Å². The molecule has 0 aliphatic heterocycles.